The molecule has 100 valence electrons. The summed E-state index contributed by atoms with van der Waals surface area (Å²) in [6.07, 6.45) is 4.25. The zero-order valence-electron chi connectivity index (χ0n) is 10.9. The SMILES string of the molecule is N#CC1(C(=O)Nc2ccc(CO)cc2)CCCCC1. The second-order valence-corrected chi connectivity index (χ2v) is 5.06. The molecule has 19 heavy (non-hydrogen) atoms. The first kappa shape index (κ1) is 13.6. The van der Waals surface area contributed by atoms with Crippen LogP contribution in [0.25, 0.3) is 0 Å². The van der Waals surface area contributed by atoms with Crippen molar-refractivity contribution in [2.45, 2.75) is 38.7 Å². The van der Waals surface area contributed by atoms with Crippen LogP contribution in [0.2, 0.25) is 0 Å². The minimum Gasteiger partial charge on any atom is -0.392 e. The number of hydrogen-bond donors (Lipinski definition) is 2. The van der Waals surface area contributed by atoms with Crippen LogP contribution >= 0.6 is 0 Å². The van der Waals surface area contributed by atoms with E-state index in [9.17, 15) is 10.1 Å². The third-order valence-corrected chi connectivity index (χ3v) is 3.75. The molecule has 1 aromatic rings. The molecular formula is C15H18N2O2. The summed E-state index contributed by atoms with van der Waals surface area (Å²) < 4.78 is 0. The highest BCUT2D eigenvalue weighted by Crippen LogP contribution is 2.36. The normalized spacial score (nSPS) is 17.5. The second kappa shape index (κ2) is 5.85. The van der Waals surface area contributed by atoms with Crippen molar-refractivity contribution in [3.05, 3.63) is 29.8 Å². The minimum absolute atomic E-state index is 0.0175. The quantitative estimate of drug-likeness (QED) is 0.875. The van der Waals surface area contributed by atoms with E-state index in [1.54, 1.807) is 24.3 Å². The van der Waals surface area contributed by atoms with Crippen molar-refractivity contribution < 1.29 is 9.90 Å². The molecule has 0 unspecified atom stereocenters. The molecule has 0 atom stereocenters. The molecule has 4 heteroatoms. The lowest BCUT2D eigenvalue weighted by atomic mass is 9.74. The maximum atomic E-state index is 12.3. The Morgan fingerprint density at radius 3 is 2.42 bits per heavy atom. The highest BCUT2D eigenvalue weighted by Gasteiger charge is 2.39. The molecular weight excluding hydrogens is 240 g/mol. The van der Waals surface area contributed by atoms with Crippen LogP contribution in [0.5, 0.6) is 0 Å². The molecule has 0 aromatic heterocycles. The van der Waals surface area contributed by atoms with Gasteiger partial charge in [0.1, 0.15) is 5.41 Å². The molecule has 4 nitrogen and oxygen atoms in total. The average molecular weight is 258 g/mol. The fraction of sp³-hybridized carbons (Fsp3) is 0.467. The van der Waals surface area contributed by atoms with Gasteiger partial charge in [-0.3, -0.25) is 4.79 Å². The third kappa shape index (κ3) is 2.94. The summed E-state index contributed by atoms with van der Waals surface area (Å²) in [5.41, 5.74) is 0.599. The molecule has 0 saturated heterocycles. The number of carbonyl (C=O) groups excluding carboxylic acids is 1. The van der Waals surface area contributed by atoms with Crippen LogP contribution < -0.4 is 5.32 Å². The fourth-order valence-electron chi connectivity index (χ4n) is 2.49. The van der Waals surface area contributed by atoms with Crippen molar-refractivity contribution in [1.29, 1.82) is 5.26 Å². The van der Waals surface area contributed by atoms with Gasteiger partial charge in [-0.25, -0.2) is 0 Å². The Hall–Kier alpha value is -1.86. The topological polar surface area (TPSA) is 73.1 Å². The van der Waals surface area contributed by atoms with Gasteiger partial charge in [0.25, 0.3) is 0 Å². The molecule has 0 spiro atoms. The Labute approximate surface area is 113 Å². The van der Waals surface area contributed by atoms with Crippen molar-refractivity contribution in [1.82, 2.24) is 0 Å². The van der Waals surface area contributed by atoms with Crippen molar-refractivity contribution >= 4 is 11.6 Å². The molecule has 1 amide bonds. The summed E-state index contributed by atoms with van der Waals surface area (Å²) in [6, 6.07) is 9.22. The maximum absolute atomic E-state index is 12.3. The number of nitriles is 1. The van der Waals surface area contributed by atoms with Gasteiger partial charge < -0.3 is 10.4 Å². The van der Waals surface area contributed by atoms with E-state index in [1.807, 2.05) is 0 Å². The molecule has 1 aliphatic carbocycles. The zero-order chi connectivity index (χ0) is 13.7. The van der Waals surface area contributed by atoms with Crippen LogP contribution in [0.15, 0.2) is 24.3 Å². The first-order valence-electron chi connectivity index (χ1n) is 6.63. The Balaban J connectivity index is 2.08. The zero-order valence-corrected chi connectivity index (χ0v) is 10.9. The molecule has 1 aromatic carbocycles. The van der Waals surface area contributed by atoms with Crippen LogP contribution in [0.4, 0.5) is 5.69 Å². The number of benzene rings is 1. The first-order chi connectivity index (χ1) is 9.20. The predicted octanol–water partition coefficient (Wildman–Crippen LogP) is 2.59. The third-order valence-electron chi connectivity index (χ3n) is 3.75. The molecule has 1 aliphatic rings. The van der Waals surface area contributed by atoms with E-state index in [4.69, 9.17) is 5.11 Å². The van der Waals surface area contributed by atoms with E-state index in [2.05, 4.69) is 11.4 Å². The summed E-state index contributed by atoms with van der Waals surface area (Å²) in [5, 5.41) is 21.1. The molecule has 2 N–H and O–H groups in total. The second-order valence-electron chi connectivity index (χ2n) is 5.06. The van der Waals surface area contributed by atoms with Crippen LogP contribution in [0, 0.1) is 16.7 Å². The van der Waals surface area contributed by atoms with E-state index < -0.39 is 5.41 Å². The molecule has 0 aliphatic heterocycles. The van der Waals surface area contributed by atoms with Crippen LogP contribution in [-0.4, -0.2) is 11.0 Å². The smallest absolute Gasteiger partial charge is 0.244 e. The Morgan fingerprint density at radius 2 is 1.89 bits per heavy atom. The van der Waals surface area contributed by atoms with Crippen molar-refractivity contribution in [2.24, 2.45) is 5.41 Å². The van der Waals surface area contributed by atoms with Crippen LogP contribution in [0.1, 0.15) is 37.7 Å². The average Bonchev–Trinajstić information content (AvgIpc) is 2.48. The van der Waals surface area contributed by atoms with Gasteiger partial charge in [0.2, 0.25) is 5.91 Å². The van der Waals surface area contributed by atoms with Gasteiger partial charge in [-0.2, -0.15) is 5.26 Å². The number of anilines is 1. The van der Waals surface area contributed by atoms with Gasteiger partial charge in [-0.15, -0.1) is 0 Å². The van der Waals surface area contributed by atoms with Gasteiger partial charge in [-0.1, -0.05) is 31.4 Å². The fourth-order valence-corrected chi connectivity index (χ4v) is 2.49. The Bertz CT molecular complexity index is 482. The highest BCUT2D eigenvalue weighted by molar-refractivity contribution is 5.97. The number of aliphatic hydroxyl groups excluding tert-OH is 1. The molecule has 1 saturated carbocycles. The van der Waals surface area contributed by atoms with Gasteiger partial charge in [0.15, 0.2) is 0 Å². The number of carbonyl (C=O) groups is 1. The largest absolute Gasteiger partial charge is 0.392 e. The monoisotopic (exact) mass is 258 g/mol. The van der Waals surface area contributed by atoms with Gasteiger partial charge in [0.05, 0.1) is 12.7 Å². The van der Waals surface area contributed by atoms with Crippen LogP contribution in [-0.2, 0) is 11.4 Å². The standard InChI is InChI=1S/C15H18N2O2/c16-11-15(8-2-1-3-9-15)14(19)17-13-6-4-12(10-18)5-7-13/h4-7,18H,1-3,8-10H2,(H,17,19). The lowest BCUT2D eigenvalue weighted by Gasteiger charge is -2.29. The predicted molar refractivity (Wildman–Crippen MR) is 72.1 cm³/mol. The summed E-state index contributed by atoms with van der Waals surface area (Å²) in [4.78, 5) is 12.3. The Kier molecular flexibility index (Phi) is 4.18. The van der Waals surface area contributed by atoms with Crippen LogP contribution in [0.3, 0.4) is 0 Å². The molecule has 1 fully saturated rings. The highest BCUT2D eigenvalue weighted by atomic mass is 16.3. The van der Waals surface area contributed by atoms with Gasteiger partial charge >= 0.3 is 0 Å². The lowest BCUT2D eigenvalue weighted by Crippen LogP contribution is -2.36. The summed E-state index contributed by atoms with van der Waals surface area (Å²) in [6.45, 7) is -0.0175. The van der Waals surface area contributed by atoms with Crippen molar-refractivity contribution in [3.63, 3.8) is 0 Å². The first-order valence-corrected chi connectivity index (χ1v) is 6.63. The van der Waals surface area contributed by atoms with E-state index in [1.165, 1.54) is 0 Å². The number of nitrogens with zero attached hydrogens (tertiary/aromatic N) is 1. The lowest BCUT2D eigenvalue weighted by molar-refractivity contribution is -0.124. The molecule has 2 rings (SSSR count). The number of aliphatic hydroxyl groups is 1. The van der Waals surface area contributed by atoms with E-state index in [0.717, 1.165) is 24.8 Å². The minimum atomic E-state index is -0.867. The van der Waals surface area contributed by atoms with E-state index in [-0.39, 0.29) is 12.5 Å². The molecule has 0 heterocycles. The molecule has 0 radical (unpaired) electrons. The van der Waals surface area contributed by atoms with Crippen molar-refractivity contribution in [3.8, 4) is 6.07 Å². The summed E-state index contributed by atoms with van der Waals surface area (Å²) in [5.74, 6) is -0.202. The summed E-state index contributed by atoms with van der Waals surface area (Å²) in [7, 11) is 0. The number of nitrogens with one attached hydrogen (secondary N) is 1. The Morgan fingerprint density at radius 1 is 1.26 bits per heavy atom. The number of amides is 1. The molecule has 0 bridgehead atoms. The maximum Gasteiger partial charge on any atom is 0.244 e. The van der Waals surface area contributed by atoms with E-state index >= 15 is 0 Å². The van der Waals surface area contributed by atoms with Gasteiger partial charge in [0, 0.05) is 5.69 Å². The van der Waals surface area contributed by atoms with E-state index in [0.29, 0.717) is 18.5 Å². The van der Waals surface area contributed by atoms with Crippen molar-refractivity contribution in [2.75, 3.05) is 5.32 Å². The number of hydrogen-bond acceptors (Lipinski definition) is 3. The summed E-state index contributed by atoms with van der Waals surface area (Å²) >= 11 is 0. The number of rotatable bonds is 3. The van der Waals surface area contributed by atoms with Gasteiger partial charge in [-0.05, 0) is 30.5 Å².